The number of amides is 2. The van der Waals surface area contributed by atoms with Gasteiger partial charge >= 0.3 is 6.03 Å². The van der Waals surface area contributed by atoms with Crippen LogP contribution in [0.2, 0.25) is 0 Å². The van der Waals surface area contributed by atoms with E-state index in [2.05, 4.69) is 15.5 Å². The normalized spacial score (nSPS) is 16.3. The Morgan fingerprint density at radius 3 is 2.42 bits per heavy atom. The molecule has 2 amide bonds. The largest absolute Gasteiger partial charge is 0.378 e. The molecule has 5 rings (SSSR count). The van der Waals surface area contributed by atoms with Crippen molar-refractivity contribution in [2.75, 3.05) is 43.1 Å². The van der Waals surface area contributed by atoms with E-state index in [0.717, 1.165) is 0 Å². The highest BCUT2D eigenvalue weighted by molar-refractivity contribution is 7.92. The average Bonchev–Trinajstić information content (AvgIpc) is 3.77. The predicted molar refractivity (Wildman–Crippen MR) is 142 cm³/mol. The van der Waals surface area contributed by atoms with Crippen LogP contribution >= 0.6 is 0 Å². The molecule has 1 saturated heterocycles. The van der Waals surface area contributed by atoms with Gasteiger partial charge in [-0.15, -0.1) is 0 Å². The summed E-state index contributed by atoms with van der Waals surface area (Å²) in [7, 11) is -3.66. The van der Waals surface area contributed by atoms with Crippen LogP contribution in [0.5, 0.6) is 0 Å². The lowest BCUT2D eigenvalue weighted by atomic mass is 10.1. The number of benzene rings is 2. The van der Waals surface area contributed by atoms with Crippen LogP contribution in [0.4, 0.5) is 16.3 Å². The minimum absolute atomic E-state index is 0.229. The number of anilines is 2. The van der Waals surface area contributed by atoms with Gasteiger partial charge in [0.1, 0.15) is 10.6 Å². The monoisotopic (exact) mass is 532 g/mol. The number of sulfone groups is 1. The summed E-state index contributed by atoms with van der Waals surface area (Å²) in [6.45, 7) is 2.70. The van der Waals surface area contributed by atoms with Gasteiger partial charge in [-0.05, 0) is 49.2 Å². The standard InChI is InChI=1S/C27H28N6O4S/c28-13-4-14-29-26(34)30-21-9-7-20(8-10-21)25-31-23(19-24(32-25)33-15-17-37-18-16-33)27(11-12-27)38(35,36)22-5-2-1-3-6-22/h1-3,5-10,19H,4,11-12,14-18H2,(H2,29,30,34). The van der Waals surface area contributed by atoms with Crippen molar-refractivity contribution in [3.05, 3.63) is 66.4 Å². The zero-order chi connectivity index (χ0) is 26.6. The first-order valence-corrected chi connectivity index (χ1v) is 14.0. The summed E-state index contributed by atoms with van der Waals surface area (Å²) < 4.78 is 31.9. The van der Waals surface area contributed by atoms with Crippen LogP contribution in [0.1, 0.15) is 25.0 Å². The first kappa shape index (κ1) is 25.6. The van der Waals surface area contributed by atoms with E-state index >= 15 is 0 Å². The number of carbonyl (C=O) groups is 1. The Morgan fingerprint density at radius 1 is 1.05 bits per heavy atom. The van der Waals surface area contributed by atoms with Crippen LogP contribution in [0.25, 0.3) is 11.4 Å². The van der Waals surface area contributed by atoms with Gasteiger partial charge in [-0.3, -0.25) is 0 Å². The minimum Gasteiger partial charge on any atom is -0.378 e. The van der Waals surface area contributed by atoms with E-state index in [1.807, 2.05) is 12.1 Å². The first-order chi connectivity index (χ1) is 18.4. The van der Waals surface area contributed by atoms with Gasteiger partial charge in [-0.25, -0.2) is 23.2 Å². The lowest BCUT2D eigenvalue weighted by Crippen LogP contribution is -2.37. The van der Waals surface area contributed by atoms with Gasteiger partial charge < -0.3 is 20.3 Å². The Hall–Kier alpha value is -4.01. The third-order valence-electron chi connectivity index (χ3n) is 6.71. The number of carbonyl (C=O) groups excluding carboxylic acids is 1. The number of hydrogen-bond donors (Lipinski definition) is 2. The van der Waals surface area contributed by atoms with Crippen molar-refractivity contribution in [1.29, 1.82) is 5.26 Å². The number of nitrogens with zero attached hydrogens (tertiary/aromatic N) is 4. The fourth-order valence-electron chi connectivity index (χ4n) is 4.46. The summed E-state index contributed by atoms with van der Waals surface area (Å²) in [5, 5.41) is 13.9. The molecule has 0 atom stereocenters. The van der Waals surface area contributed by atoms with Crippen LogP contribution in [-0.4, -0.2) is 57.3 Å². The SMILES string of the molecule is N#CCCNC(=O)Nc1ccc(-c2nc(N3CCOCC3)cc(C3(S(=O)(=O)c4ccccc4)CC3)n2)cc1. The fourth-order valence-corrected chi connectivity index (χ4v) is 6.45. The van der Waals surface area contributed by atoms with Gasteiger partial charge in [0, 0.05) is 37.0 Å². The highest BCUT2D eigenvalue weighted by Crippen LogP contribution is 2.55. The molecule has 196 valence electrons. The van der Waals surface area contributed by atoms with Crippen LogP contribution in [0, 0.1) is 11.3 Å². The molecule has 0 unspecified atom stereocenters. The molecule has 2 heterocycles. The van der Waals surface area contributed by atoms with E-state index < -0.39 is 20.6 Å². The molecule has 2 N–H and O–H groups in total. The van der Waals surface area contributed by atoms with Crippen molar-refractivity contribution in [1.82, 2.24) is 15.3 Å². The van der Waals surface area contributed by atoms with E-state index in [0.29, 0.717) is 67.7 Å². The molecule has 0 spiro atoms. The Kier molecular flexibility index (Phi) is 7.26. The van der Waals surface area contributed by atoms with Crippen LogP contribution < -0.4 is 15.5 Å². The van der Waals surface area contributed by atoms with Gasteiger partial charge in [-0.2, -0.15) is 5.26 Å². The summed E-state index contributed by atoms with van der Waals surface area (Å²) >= 11 is 0. The fraction of sp³-hybridized carbons (Fsp3) is 0.333. The second-order valence-corrected chi connectivity index (χ2v) is 11.5. The van der Waals surface area contributed by atoms with Gasteiger partial charge in [0.15, 0.2) is 15.7 Å². The maximum atomic E-state index is 13.7. The lowest BCUT2D eigenvalue weighted by molar-refractivity contribution is 0.122. The summed E-state index contributed by atoms with van der Waals surface area (Å²) in [5.41, 5.74) is 1.76. The number of nitriles is 1. The second kappa shape index (κ2) is 10.8. The molecular formula is C27H28N6O4S. The molecule has 10 nitrogen and oxygen atoms in total. The topological polar surface area (TPSA) is 137 Å². The molecular weight excluding hydrogens is 504 g/mol. The maximum Gasteiger partial charge on any atom is 0.319 e. The summed E-state index contributed by atoms with van der Waals surface area (Å²) in [6, 6.07) is 18.9. The highest BCUT2D eigenvalue weighted by atomic mass is 32.2. The number of ether oxygens (including phenoxy) is 1. The number of aromatic nitrogens is 2. The first-order valence-electron chi connectivity index (χ1n) is 12.5. The molecule has 2 aromatic carbocycles. The van der Waals surface area contributed by atoms with E-state index in [1.54, 1.807) is 54.6 Å². The summed E-state index contributed by atoms with van der Waals surface area (Å²) in [4.78, 5) is 24.0. The zero-order valence-corrected chi connectivity index (χ0v) is 21.6. The molecule has 11 heteroatoms. The van der Waals surface area contributed by atoms with Crippen molar-refractivity contribution in [3.8, 4) is 17.5 Å². The molecule has 1 aliphatic carbocycles. The van der Waals surface area contributed by atoms with Crippen molar-refractivity contribution < 1.29 is 17.9 Å². The number of nitrogens with one attached hydrogen (secondary N) is 2. The Morgan fingerprint density at radius 2 is 1.76 bits per heavy atom. The van der Waals surface area contributed by atoms with Gasteiger partial charge in [0.2, 0.25) is 0 Å². The molecule has 0 bridgehead atoms. The maximum absolute atomic E-state index is 13.7. The molecule has 2 aliphatic rings. The molecule has 1 saturated carbocycles. The van der Waals surface area contributed by atoms with Crippen LogP contribution in [0.15, 0.2) is 65.6 Å². The number of rotatable bonds is 8. The van der Waals surface area contributed by atoms with E-state index in [4.69, 9.17) is 20.0 Å². The Bertz CT molecular complexity index is 1450. The van der Waals surface area contributed by atoms with Crippen molar-refractivity contribution in [2.45, 2.75) is 28.9 Å². The molecule has 38 heavy (non-hydrogen) atoms. The lowest BCUT2D eigenvalue weighted by Gasteiger charge is -2.29. The van der Waals surface area contributed by atoms with Crippen LogP contribution in [-0.2, 0) is 19.3 Å². The number of urea groups is 1. The highest BCUT2D eigenvalue weighted by Gasteiger charge is 2.58. The van der Waals surface area contributed by atoms with Gasteiger partial charge in [-0.1, -0.05) is 18.2 Å². The smallest absolute Gasteiger partial charge is 0.319 e. The third-order valence-corrected chi connectivity index (χ3v) is 9.25. The number of morpholine rings is 1. The number of hydrogen-bond acceptors (Lipinski definition) is 8. The molecule has 2 fully saturated rings. The van der Waals surface area contributed by atoms with Crippen LogP contribution in [0.3, 0.4) is 0 Å². The van der Waals surface area contributed by atoms with Gasteiger partial charge in [0.25, 0.3) is 0 Å². The molecule has 3 aromatic rings. The van der Waals surface area contributed by atoms with Crippen molar-refractivity contribution >= 4 is 27.4 Å². The molecule has 1 aliphatic heterocycles. The minimum atomic E-state index is -3.66. The van der Waals surface area contributed by atoms with E-state index in [9.17, 15) is 13.2 Å². The summed E-state index contributed by atoms with van der Waals surface area (Å²) in [6.07, 6.45) is 1.22. The Labute approximate surface area is 221 Å². The Balaban J connectivity index is 1.48. The summed E-state index contributed by atoms with van der Waals surface area (Å²) in [5.74, 6) is 1.09. The quantitative estimate of drug-likeness (QED) is 0.421. The zero-order valence-electron chi connectivity index (χ0n) is 20.8. The van der Waals surface area contributed by atoms with E-state index in [1.165, 1.54) is 0 Å². The van der Waals surface area contributed by atoms with Crippen molar-refractivity contribution in [3.63, 3.8) is 0 Å². The molecule has 1 aromatic heterocycles. The third kappa shape index (κ3) is 5.18. The molecule has 0 radical (unpaired) electrons. The van der Waals surface area contributed by atoms with Gasteiger partial charge in [0.05, 0.1) is 36.3 Å². The van der Waals surface area contributed by atoms with Crippen molar-refractivity contribution in [2.24, 2.45) is 0 Å². The second-order valence-electron chi connectivity index (χ2n) is 9.21. The predicted octanol–water partition coefficient (Wildman–Crippen LogP) is 3.48. The average molecular weight is 533 g/mol. The van der Waals surface area contributed by atoms with E-state index in [-0.39, 0.29) is 17.9 Å².